The molecule has 0 unspecified atom stereocenters. The van der Waals surface area contributed by atoms with Gasteiger partial charge in [0.05, 0.1) is 17.3 Å². The molecule has 0 aromatic carbocycles. The minimum atomic E-state index is -0.314. The first-order valence-electron chi connectivity index (χ1n) is 9.64. The Bertz CT molecular complexity index is 1080. The lowest BCUT2D eigenvalue weighted by molar-refractivity contribution is 0.198. The number of aromatic nitrogens is 5. The number of hydrogen-bond donors (Lipinski definition) is 3. The van der Waals surface area contributed by atoms with Crippen LogP contribution in [0.4, 0.5) is 11.6 Å². The summed E-state index contributed by atoms with van der Waals surface area (Å²) in [4.78, 5) is 15.1. The second-order valence-corrected chi connectivity index (χ2v) is 8.00. The molecule has 28 heavy (non-hydrogen) atoms. The summed E-state index contributed by atoms with van der Waals surface area (Å²) in [7, 11) is 1.88. The Morgan fingerprint density at radius 3 is 2.75 bits per heavy atom. The highest BCUT2D eigenvalue weighted by molar-refractivity contribution is 5.97. The van der Waals surface area contributed by atoms with E-state index in [0.29, 0.717) is 17.4 Å². The lowest BCUT2D eigenvalue weighted by Crippen LogP contribution is -2.26. The lowest BCUT2D eigenvalue weighted by atomic mass is 10.0. The summed E-state index contributed by atoms with van der Waals surface area (Å²) < 4.78 is 3.53. The van der Waals surface area contributed by atoms with Crippen LogP contribution in [0.1, 0.15) is 33.2 Å². The number of pyridine rings is 1. The molecule has 0 amide bonds. The van der Waals surface area contributed by atoms with Gasteiger partial charge in [0, 0.05) is 44.0 Å². The number of fused-ring (bicyclic) bond motifs is 1. The van der Waals surface area contributed by atoms with Gasteiger partial charge in [-0.25, -0.2) is 0 Å². The van der Waals surface area contributed by atoms with Gasteiger partial charge in [-0.3, -0.25) is 14.6 Å². The van der Waals surface area contributed by atoms with E-state index in [1.807, 2.05) is 26.2 Å². The van der Waals surface area contributed by atoms with E-state index in [1.54, 1.807) is 9.25 Å². The largest absolute Gasteiger partial charge is 0.391 e. The van der Waals surface area contributed by atoms with Crippen LogP contribution in [0, 0.1) is 5.92 Å². The Kier molecular flexibility index (Phi) is 4.41. The maximum absolute atomic E-state index is 13.0. The molecular weight excluding hydrogens is 358 g/mol. The van der Waals surface area contributed by atoms with Crippen LogP contribution in [-0.2, 0) is 7.05 Å². The number of aliphatic hydroxyl groups is 1. The zero-order valence-corrected chi connectivity index (χ0v) is 16.7. The van der Waals surface area contributed by atoms with Crippen molar-refractivity contribution >= 4 is 22.5 Å². The third-order valence-electron chi connectivity index (χ3n) is 5.80. The molecule has 0 bridgehead atoms. The lowest BCUT2D eigenvalue weighted by Gasteiger charge is -2.20. The maximum atomic E-state index is 13.0. The van der Waals surface area contributed by atoms with E-state index in [2.05, 4.69) is 34.0 Å². The van der Waals surface area contributed by atoms with E-state index >= 15 is 0 Å². The van der Waals surface area contributed by atoms with Crippen LogP contribution in [0.5, 0.6) is 0 Å². The monoisotopic (exact) mass is 385 g/mol. The average Bonchev–Trinajstić information content (AvgIpc) is 3.34. The Morgan fingerprint density at radius 2 is 2.11 bits per heavy atom. The third-order valence-corrected chi connectivity index (χ3v) is 5.80. The second kappa shape index (κ2) is 6.66. The van der Waals surface area contributed by atoms with E-state index in [0.717, 1.165) is 30.0 Å². The molecule has 0 aliphatic carbocycles. The summed E-state index contributed by atoms with van der Waals surface area (Å²) in [5.74, 6) is 1.41. The topological polar surface area (TPSA) is 118 Å². The maximum Gasteiger partial charge on any atom is 0.264 e. The van der Waals surface area contributed by atoms with Crippen LogP contribution in [0.25, 0.3) is 22.2 Å². The highest BCUT2D eigenvalue weighted by Crippen LogP contribution is 2.31. The van der Waals surface area contributed by atoms with Gasteiger partial charge in [-0.05, 0) is 19.3 Å². The molecule has 1 aliphatic heterocycles. The molecule has 0 saturated carbocycles. The second-order valence-electron chi connectivity index (χ2n) is 8.00. The first-order chi connectivity index (χ1) is 13.3. The van der Waals surface area contributed by atoms with Crippen molar-refractivity contribution in [2.24, 2.45) is 13.0 Å². The van der Waals surface area contributed by atoms with E-state index in [9.17, 15) is 9.90 Å². The van der Waals surface area contributed by atoms with Crippen LogP contribution < -0.4 is 16.2 Å². The average molecular weight is 385 g/mol. The molecule has 0 radical (unpaired) electrons. The smallest absolute Gasteiger partial charge is 0.264 e. The van der Waals surface area contributed by atoms with Gasteiger partial charge >= 0.3 is 0 Å². The van der Waals surface area contributed by atoms with Crippen molar-refractivity contribution in [2.45, 2.75) is 39.3 Å². The molecular formula is C19H27N7O2. The molecule has 0 spiro atoms. The molecule has 3 aromatic heterocycles. The predicted octanol–water partition coefficient (Wildman–Crippen LogP) is 1.50. The van der Waals surface area contributed by atoms with Crippen LogP contribution in [0.15, 0.2) is 17.1 Å². The van der Waals surface area contributed by atoms with Gasteiger partial charge in [-0.15, -0.1) is 0 Å². The zero-order chi connectivity index (χ0) is 20.2. The van der Waals surface area contributed by atoms with Crippen LogP contribution in [0.3, 0.4) is 0 Å². The molecule has 4 heterocycles. The molecule has 150 valence electrons. The summed E-state index contributed by atoms with van der Waals surface area (Å²) >= 11 is 0. The number of aryl methyl sites for hydroxylation is 1. The van der Waals surface area contributed by atoms with E-state index < -0.39 is 0 Å². The van der Waals surface area contributed by atoms with Crippen molar-refractivity contribution < 1.29 is 5.11 Å². The molecule has 3 aromatic rings. The first kappa shape index (κ1) is 18.5. The van der Waals surface area contributed by atoms with Gasteiger partial charge in [0.2, 0.25) is 0 Å². The summed E-state index contributed by atoms with van der Waals surface area (Å²) in [5, 5.41) is 21.9. The van der Waals surface area contributed by atoms with Gasteiger partial charge in [0.15, 0.2) is 5.82 Å². The van der Waals surface area contributed by atoms with Crippen molar-refractivity contribution in [1.29, 1.82) is 0 Å². The standard InChI is InChI=1S/C19H27N7O2/c1-10(2)11(3)26-9-13(17-16(19(26)28)18(20)22-21-17)14-7-15(24(4)23-14)25-6-5-12(27)8-25/h7,9-12,27H,5-6,8H2,1-4H3,(H3,20,21,22)/t11-,12-/m0/s1. The Morgan fingerprint density at radius 1 is 1.36 bits per heavy atom. The van der Waals surface area contributed by atoms with Gasteiger partial charge in [-0.2, -0.15) is 10.2 Å². The fourth-order valence-corrected chi connectivity index (χ4v) is 3.81. The van der Waals surface area contributed by atoms with Crippen molar-refractivity contribution in [2.75, 3.05) is 23.7 Å². The number of nitrogen functional groups attached to an aromatic ring is 1. The molecule has 9 heteroatoms. The molecule has 9 nitrogen and oxygen atoms in total. The van der Waals surface area contributed by atoms with Gasteiger partial charge in [-0.1, -0.05) is 13.8 Å². The van der Waals surface area contributed by atoms with Gasteiger partial charge < -0.3 is 20.3 Å². The number of hydrogen-bond acceptors (Lipinski definition) is 6. The van der Waals surface area contributed by atoms with Crippen LogP contribution in [0.2, 0.25) is 0 Å². The van der Waals surface area contributed by atoms with Crippen molar-refractivity contribution in [3.63, 3.8) is 0 Å². The molecule has 1 aliphatic rings. The third kappa shape index (κ3) is 2.86. The van der Waals surface area contributed by atoms with Crippen molar-refractivity contribution in [3.05, 3.63) is 22.6 Å². The fraction of sp³-hybridized carbons (Fsp3) is 0.526. The van der Waals surface area contributed by atoms with E-state index in [4.69, 9.17) is 5.73 Å². The SMILES string of the molecule is CC(C)[C@H](C)n1cc(-c2cc(N3CC[C@H](O)C3)n(C)n2)c2[nH]nc(N)c2c1=O. The number of H-pyrrole nitrogens is 1. The Balaban J connectivity index is 1.89. The van der Waals surface area contributed by atoms with E-state index in [1.165, 1.54) is 0 Å². The normalized spacial score (nSPS) is 18.5. The van der Waals surface area contributed by atoms with Crippen LogP contribution in [-0.4, -0.2) is 48.8 Å². The summed E-state index contributed by atoms with van der Waals surface area (Å²) in [6.07, 6.45) is 2.28. The van der Waals surface area contributed by atoms with Crippen molar-refractivity contribution in [1.82, 2.24) is 24.5 Å². The van der Waals surface area contributed by atoms with Crippen molar-refractivity contribution in [3.8, 4) is 11.3 Å². The number of aromatic amines is 1. The number of nitrogens with zero attached hydrogens (tertiary/aromatic N) is 5. The van der Waals surface area contributed by atoms with Gasteiger partial charge in [0.1, 0.15) is 11.2 Å². The summed E-state index contributed by atoms with van der Waals surface area (Å²) in [5.41, 5.74) is 7.97. The number of anilines is 2. The highest BCUT2D eigenvalue weighted by atomic mass is 16.3. The first-order valence-corrected chi connectivity index (χ1v) is 9.64. The number of aliphatic hydroxyl groups excluding tert-OH is 1. The Hall–Kier alpha value is -2.81. The number of rotatable bonds is 4. The molecule has 4 rings (SSSR count). The molecule has 1 saturated heterocycles. The summed E-state index contributed by atoms with van der Waals surface area (Å²) in [6.45, 7) is 7.56. The minimum Gasteiger partial charge on any atom is -0.391 e. The number of nitrogens with one attached hydrogen (secondary N) is 1. The fourth-order valence-electron chi connectivity index (χ4n) is 3.81. The predicted molar refractivity (Wildman–Crippen MR) is 109 cm³/mol. The molecule has 1 fully saturated rings. The minimum absolute atomic E-state index is 0.00172. The number of nitrogens with two attached hydrogens (primary N) is 1. The number of β-amino-alcohol motifs (C(OH)–C–C–N with tert-alkyl or cyclic N) is 1. The highest BCUT2D eigenvalue weighted by Gasteiger charge is 2.25. The molecule has 2 atom stereocenters. The zero-order valence-electron chi connectivity index (χ0n) is 16.7. The van der Waals surface area contributed by atoms with E-state index in [-0.39, 0.29) is 29.4 Å². The quantitative estimate of drug-likeness (QED) is 0.626. The van der Waals surface area contributed by atoms with Gasteiger partial charge in [0.25, 0.3) is 5.56 Å². The molecule has 4 N–H and O–H groups in total. The summed E-state index contributed by atoms with van der Waals surface area (Å²) in [6, 6.07) is 1.99. The Labute approximate surface area is 162 Å². The van der Waals surface area contributed by atoms with Crippen LogP contribution >= 0.6 is 0 Å².